The summed E-state index contributed by atoms with van der Waals surface area (Å²) in [5, 5.41) is 5.22. The average molecular weight is 482 g/mol. The van der Waals surface area contributed by atoms with Crippen molar-refractivity contribution >= 4 is 54.2 Å². The highest BCUT2D eigenvalue weighted by atomic mass is 79.9. The van der Waals surface area contributed by atoms with E-state index >= 15 is 0 Å². The number of carbonyl (C=O) groups excluding carboxylic acids is 1. The molecule has 0 saturated carbocycles. The Morgan fingerprint density at radius 3 is 2.84 bits per heavy atom. The van der Waals surface area contributed by atoms with E-state index in [1.807, 2.05) is 54.8 Å². The van der Waals surface area contributed by atoms with Crippen molar-refractivity contribution in [3.8, 4) is 17.0 Å². The standard InChI is InChI=1S/C18H14Br2N2O2S/c1-11-5-6-16(14(20)7-11)24-9-17(23)22-18-21-15(10-25-18)12-3-2-4-13(19)8-12/h2-8,10H,9H2,1H3,(H,21,22,23). The lowest BCUT2D eigenvalue weighted by atomic mass is 10.2. The van der Waals surface area contributed by atoms with E-state index in [4.69, 9.17) is 4.74 Å². The molecular weight excluding hydrogens is 468 g/mol. The van der Waals surface area contributed by atoms with Crippen LogP contribution in [0.25, 0.3) is 11.3 Å². The smallest absolute Gasteiger partial charge is 0.264 e. The molecular formula is C18H14Br2N2O2S. The number of hydrogen-bond donors (Lipinski definition) is 1. The predicted molar refractivity (Wildman–Crippen MR) is 108 cm³/mol. The molecule has 3 aromatic rings. The molecule has 0 unspecified atom stereocenters. The first-order chi connectivity index (χ1) is 12.0. The lowest BCUT2D eigenvalue weighted by Crippen LogP contribution is -2.20. The Kier molecular flexibility index (Phi) is 5.88. The summed E-state index contributed by atoms with van der Waals surface area (Å²) in [6, 6.07) is 13.6. The van der Waals surface area contributed by atoms with Crippen molar-refractivity contribution in [3.63, 3.8) is 0 Å². The number of nitrogens with zero attached hydrogens (tertiary/aromatic N) is 1. The van der Waals surface area contributed by atoms with Crippen molar-refractivity contribution in [2.24, 2.45) is 0 Å². The highest BCUT2D eigenvalue weighted by Gasteiger charge is 2.10. The SMILES string of the molecule is Cc1ccc(OCC(=O)Nc2nc(-c3cccc(Br)c3)cs2)c(Br)c1. The Morgan fingerprint density at radius 2 is 2.08 bits per heavy atom. The van der Waals surface area contributed by atoms with Crippen LogP contribution in [0.4, 0.5) is 5.13 Å². The number of aromatic nitrogens is 1. The number of thiazole rings is 1. The van der Waals surface area contributed by atoms with Crippen LogP contribution < -0.4 is 10.1 Å². The van der Waals surface area contributed by atoms with Crippen LogP contribution in [0.1, 0.15) is 5.56 Å². The minimum Gasteiger partial charge on any atom is -0.483 e. The van der Waals surface area contributed by atoms with Crippen LogP contribution in [0.15, 0.2) is 56.8 Å². The number of amides is 1. The van der Waals surface area contributed by atoms with E-state index in [0.29, 0.717) is 10.9 Å². The largest absolute Gasteiger partial charge is 0.483 e. The summed E-state index contributed by atoms with van der Waals surface area (Å²) >= 11 is 8.26. The lowest BCUT2D eigenvalue weighted by Gasteiger charge is -2.08. The second kappa shape index (κ2) is 8.12. The van der Waals surface area contributed by atoms with E-state index in [0.717, 1.165) is 25.8 Å². The third-order valence-electron chi connectivity index (χ3n) is 3.32. The van der Waals surface area contributed by atoms with Gasteiger partial charge in [-0.2, -0.15) is 0 Å². The number of rotatable bonds is 5. The summed E-state index contributed by atoms with van der Waals surface area (Å²) in [4.78, 5) is 16.5. The van der Waals surface area contributed by atoms with Crippen molar-refractivity contribution in [2.75, 3.05) is 11.9 Å². The van der Waals surface area contributed by atoms with Gasteiger partial charge in [-0.05, 0) is 52.7 Å². The molecule has 1 heterocycles. The molecule has 0 atom stereocenters. The van der Waals surface area contributed by atoms with Crippen molar-refractivity contribution in [3.05, 3.63) is 62.4 Å². The highest BCUT2D eigenvalue weighted by Crippen LogP contribution is 2.27. The van der Waals surface area contributed by atoms with E-state index < -0.39 is 0 Å². The summed E-state index contributed by atoms with van der Waals surface area (Å²) in [7, 11) is 0. The van der Waals surface area contributed by atoms with Gasteiger partial charge in [-0.1, -0.05) is 34.1 Å². The molecule has 1 N–H and O–H groups in total. The summed E-state index contributed by atoms with van der Waals surface area (Å²) in [6.45, 7) is 1.92. The van der Waals surface area contributed by atoms with Crippen LogP contribution in [0.5, 0.6) is 5.75 Å². The number of benzene rings is 2. The van der Waals surface area contributed by atoms with Crippen molar-refractivity contribution in [1.82, 2.24) is 4.98 Å². The normalized spacial score (nSPS) is 10.5. The van der Waals surface area contributed by atoms with Crippen LogP contribution >= 0.6 is 43.2 Å². The van der Waals surface area contributed by atoms with Crippen molar-refractivity contribution in [1.29, 1.82) is 0 Å². The minimum absolute atomic E-state index is 0.0759. The first kappa shape index (κ1) is 18.1. The second-order valence-corrected chi connectivity index (χ2v) is 7.95. The number of nitrogens with one attached hydrogen (secondary N) is 1. The van der Waals surface area contributed by atoms with E-state index in [2.05, 4.69) is 42.2 Å². The van der Waals surface area contributed by atoms with Gasteiger partial charge in [0.05, 0.1) is 10.2 Å². The fraction of sp³-hybridized carbons (Fsp3) is 0.111. The zero-order valence-electron chi connectivity index (χ0n) is 13.3. The number of carbonyl (C=O) groups is 1. The zero-order chi connectivity index (χ0) is 17.8. The molecule has 4 nitrogen and oxygen atoms in total. The Balaban J connectivity index is 1.60. The van der Waals surface area contributed by atoms with Gasteiger partial charge in [0, 0.05) is 15.4 Å². The summed E-state index contributed by atoms with van der Waals surface area (Å²) in [5.74, 6) is 0.386. The molecule has 0 fully saturated rings. The van der Waals surface area contributed by atoms with E-state index in [1.54, 1.807) is 0 Å². The monoisotopic (exact) mass is 480 g/mol. The molecule has 0 saturated heterocycles. The molecule has 0 bridgehead atoms. The first-order valence-electron chi connectivity index (χ1n) is 7.41. The third-order valence-corrected chi connectivity index (χ3v) is 5.19. The van der Waals surface area contributed by atoms with Gasteiger partial charge in [-0.3, -0.25) is 10.1 Å². The van der Waals surface area contributed by atoms with Crippen molar-refractivity contribution < 1.29 is 9.53 Å². The van der Waals surface area contributed by atoms with Crippen molar-refractivity contribution in [2.45, 2.75) is 6.92 Å². The Labute approximate surface area is 166 Å². The average Bonchev–Trinajstić information content (AvgIpc) is 3.02. The predicted octanol–water partition coefficient (Wildman–Crippen LogP) is 5.66. The molecule has 2 aromatic carbocycles. The highest BCUT2D eigenvalue weighted by molar-refractivity contribution is 9.10. The molecule has 7 heteroatoms. The molecule has 25 heavy (non-hydrogen) atoms. The van der Waals surface area contributed by atoms with Gasteiger partial charge < -0.3 is 4.74 Å². The molecule has 0 spiro atoms. The van der Waals surface area contributed by atoms with Gasteiger partial charge in [-0.15, -0.1) is 11.3 Å². The van der Waals surface area contributed by atoms with Crippen LogP contribution in [0.3, 0.4) is 0 Å². The van der Waals surface area contributed by atoms with Crippen LogP contribution in [0, 0.1) is 6.92 Å². The number of hydrogen-bond acceptors (Lipinski definition) is 4. The molecule has 128 valence electrons. The molecule has 3 rings (SSSR count). The molecule has 0 aliphatic heterocycles. The van der Waals surface area contributed by atoms with E-state index in [1.165, 1.54) is 11.3 Å². The van der Waals surface area contributed by atoms with Gasteiger partial charge >= 0.3 is 0 Å². The Hall–Kier alpha value is -1.70. The van der Waals surface area contributed by atoms with Gasteiger partial charge in [0.15, 0.2) is 11.7 Å². The van der Waals surface area contributed by atoms with E-state index in [-0.39, 0.29) is 12.5 Å². The molecule has 1 aromatic heterocycles. The maximum absolute atomic E-state index is 12.1. The molecule has 0 radical (unpaired) electrons. The maximum Gasteiger partial charge on any atom is 0.264 e. The summed E-state index contributed by atoms with van der Waals surface area (Å²) in [6.07, 6.45) is 0. The number of anilines is 1. The fourth-order valence-electron chi connectivity index (χ4n) is 2.13. The van der Waals surface area contributed by atoms with E-state index in [9.17, 15) is 4.79 Å². The molecule has 0 aliphatic rings. The molecule has 0 aliphatic carbocycles. The van der Waals surface area contributed by atoms with Gasteiger partial charge in [0.1, 0.15) is 5.75 Å². The number of aryl methyl sites for hydroxylation is 1. The second-order valence-electron chi connectivity index (χ2n) is 5.32. The number of halogens is 2. The third kappa shape index (κ3) is 4.90. The minimum atomic E-state index is -0.248. The quantitative estimate of drug-likeness (QED) is 0.511. The maximum atomic E-state index is 12.1. The topological polar surface area (TPSA) is 51.2 Å². The van der Waals surface area contributed by atoms with Crippen LogP contribution in [0.2, 0.25) is 0 Å². The van der Waals surface area contributed by atoms with Crippen LogP contribution in [-0.2, 0) is 4.79 Å². The van der Waals surface area contributed by atoms with Crippen LogP contribution in [-0.4, -0.2) is 17.5 Å². The van der Waals surface area contributed by atoms with Gasteiger partial charge in [-0.25, -0.2) is 4.98 Å². The first-order valence-corrected chi connectivity index (χ1v) is 9.88. The lowest BCUT2D eigenvalue weighted by molar-refractivity contribution is -0.118. The Morgan fingerprint density at radius 1 is 1.24 bits per heavy atom. The van der Waals surface area contributed by atoms with Gasteiger partial charge in [0.2, 0.25) is 0 Å². The van der Waals surface area contributed by atoms with Gasteiger partial charge in [0.25, 0.3) is 5.91 Å². The fourth-order valence-corrected chi connectivity index (χ4v) is 3.88. The number of ether oxygens (including phenoxy) is 1. The summed E-state index contributed by atoms with van der Waals surface area (Å²) in [5.41, 5.74) is 2.93. The zero-order valence-corrected chi connectivity index (χ0v) is 17.2. The summed E-state index contributed by atoms with van der Waals surface area (Å²) < 4.78 is 7.36. The molecule has 1 amide bonds. The Bertz CT molecular complexity index is 912.